The van der Waals surface area contributed by atoms with Gasteiger partial charge in [-0.25, -0.2) is 0 Å². The molecule has 0 radical (unpaired) electrons. The van der Waals surface area contributed by atoms with Crippen LogP contribution in [0.3, 0.4) is 0 Å². The summed E-state index contributed by atoms with van der Waals surface area (Å²) in [5, 5.41) is 3.50. The molecular formula is C14H12ClNO. The van der Waals surface area contributed by atoms with Crippen molar-refractivity contribution in [1.29, 1.82) is 0 Å². The van der Waals surface area contributed by atoms with Crippen LogP contribution in [0.1, 0.15) is 15.9 Å². The first kappa shape index (κ1) is 11.7. The van der Waals surface area contributed by atoms with Crippen molar-refractivity contribution in [3.05, 3.63) is 70.7 Å². The van der Waals surface area contributed by atoms with Crippen LogP contribution in [0.15, 0.2) is 54.6 Å². The summed E-state index contributed by atoms with van der Waals surface area (Å²) in [4.78, 5) is 11.8. The quantitative estimate of drug-likeness (QED) is 0.884. The van der Waals surface area contributed by atoms with Crippen LogP contribution in [0.2, 0.25) is 5.02 Å². The van der Waals surface area contributed by atoms with Crippen LogP contribution in [0.5, 0.6) is 0 Å². The summed E-state index contributed by atoms with van der Waals surface area (Å²) < 4.78 is 0. The molecule has 0 aliphatic heterocycles. The highest BCUT2D eigenvalue weighted by Crippen LogP contribution is 2.14. The number of carbonyl (C=O) groups excluding carboxylic acids is 1. The van der Waals surface area contributed by atoms with Crippen LogP contribution in [0.25, 0.3) is 0 Å². The van der Waals surface area contributed by atoms with Crippen LogP contribution >= 0.6 is 11.6 Å². The van der Waals surface area contributed by atoms with Crippen molar-refractivity contribution in [1.82, 2.24) is 5.32 Å². The van der Waals surface area contributed by atoms with E-state index in [1.54, 1.807) is 12.1 Å². The molecule has 17 heavy (non-hydrogen) atoms. The number of benzene rings is 2. The molecule has 0 atom stereocenters. The Bertz CT molecular complexity index is 511. The molecule has 0 heterocycles. The molecule has 2 aromatic carbocycles. The molecular weight excluding hydrogens is 234 g/mol. The summed E-state index contributed by atoms with van der Waals surface area (Å²) >= 11 is 6.00. The molecule has 0 fully saturated rings. The maximum Gasteiger partial charge on any atom is 0.251 e. The lowest BCUT2D eigenvalue weighted by molar-refractivity contribution is 0.0951. The second-order valence-corrected chi connectivity index (χ2v) is 4.05. The zero-order valence-corrected chi connectivity index (χ0v) is 9.95. The van der Waals surface area contributed by atoms with Crippen molar-refractivity contribution in [2.24, 2.45) is 0 Å². The first-order valence-electron chi connectivity index (χ1n) is 5.34. The Kier molecular flexibility index (Phi) is 3.78. The first-order chi connectivity index (χ1) is 8.27. The second-order valence-electron chi connectivity index (χ2n) is 3.64. The molecule has 0 saturated heterocycles. The Morgan fingerprint density at radius 3 is 2.35 bits per heavy atom. The third-order valence-corrected chi connectivity index (χ3v) is 2.80. The van der Waals surface area contributed by atoms with E-state index in [-0.39, 0.29) is 5.91 Å². The van der Waals surface area contributed by atoms with Gasteiger partial charge in [-0.15, -0.1) is 0 Å². The van der Waals surface area contributed by atoms with Crippen molar-refractivity contribution < 1.29 is 4.79 Å². The highest BCUT2D eigenvalue weighted by atomic mass is 35.5. The van der Waals surface area contributed by atoms with Crippen molar-refractivity contribution in [3.8, 4) is 0 Å². The van der Waals surface area contributed by atoms with E-state index in [4.69, 9.17) is 11.6 Å². The lowest BCUT2D eigenvalue weighted by Crippen LogP contribution is -2.22. The van der Waals surface area contributed by atoms with Crippen molar-refractivity contribution in [2.75, 3.05) is 0 Å². The van der Waals surface area contributed by atoms with E-state index in [0.717, 1.165) is 5.56 Å². The molecule has 0 aliphatic rings. The van der Waals surface area contributed by atoms with Crippen molar-refractivity contribution >= 4 is 17.5 Å². The lowest BCUT2D eigenvalue weighted by Gasteiger charge is -2.06. The summed E-state index contributed by atoms with van der Waals surface area (Å²) in [6.07, 6.45) is 0. The average Bonchev–Trinajstić information content (AvgIpc) is 2.38. The predicted octanol–water partition coefficient (Wildman–Crippen LogP) is 3.27. The van der Waals surface area contributed by atoms with Crippen LogP contribution in [-0.2, 0) is 6.54 Å². The molecule has 0 unspecified atom stereocenters. The van der Waals surface area contributed by atoms with Gasteiger partial charge in [0, 0.05) is 17.1 Å². The molecule has 0 aliphatic carbocycles. The Labute approximate surface area is 105 Å². The van der Waals surface area contributed by atoms with E-state index in [2.05, 4.69) is 5.32 Å². The highest BCUT2D eigenvalue weighted by molar-refractivity contribution is 6.31. The first-order valence-corrected chi connectivity index (χ1v) is 5.72. The van der Waals surface area contributed by atoms with Crippen molar-refractivity contribution in [3.63, 3.8) is 0 Å². The van der Waals surface area contributed by atoms with E-state index in [9.17, 15) is 4.79 Å². The van der Waals surface area contributed by atoms with Gasteiger partial charge in [0.25, 0.3) is 5.91 Å². The molecule has 86 valence electrons. The van der Waals surface area contributed by atoms with Gasteiger partial charge in [-0.1, -0.05) is 48.0 Å². The summed E-state index contributed by atoms with van der Waals surface area (Å²) in [6, 6.07) is 16.6. The topological polar surface area (TPSA) is 29.1 Å². The predicted molar refractivity (Wildman–Crippen MR) is 69.1 cm³/mol. The van der Waals surface area contributed by atoms with Crippen LogP contribution in [0.4, 0.5) is 0 Å². The molecule has 2 rings (SSSR count). The maximum absolute atomic E-state index is 11.8. The van der Waals surface area contributed by atoms with Gasteiger partial charge >= 0.3 is 0 Å². The third kappa shape index (κ3) is 3.08. The molecule has 0 bridgehead atoms. The highest BCUT2D eigenvalue weighted by Gasteiger charge is 2.05. The summed E-state index contributed by atoms with van der Waals surface area (Å²) in [6.45, 7) is 0.438. The SMILES string of the molecule is O=C(NCc1ccccc1Cl)c1ccccc1. The molecule has 0 saturated carbocycles. The zero-order chi connectivity index (χ0) is 12.1. The number of halogens is 1. The van der Waals surface area contributed by atoms with Crippen molar-refractivity contribution in [2.45, 2.75) is 6.54 Å². The Balaban J connectivity index is 2.00. The number of hydrogen-bond donors (Lipinski definition) is 1. The molecule has 1 N–H and O–H groups in total. The Hall–Kier alpha value is -1.80. The van der Waals surface area contributed by atoms with E-state index in [1.165, 1.54) is 0 Å². The van der Waals surface area contributed by atoms with E-state index in [0.29, 0.717) is 17.1 Å². The molecule has 2 nitrogen and oxygen atoms in total. The van der Waals surface area contributed by atoms with Gasteiger partial charge in [0.2, 0.25) is 0 Å². The minimum atomic E-state index is -0.0921. The second kappa shape index (κ2) is 5.51. The molecule has 0 aromatic heterocycles. The number of carbonyl (C=O) groups is 1. The summed E-state index contributed by atoms with van der Waals surface area (Å²) in [7, 11) is 0. The third-order valence-electron chi connectivity index (χ3n) is 2.43. The number of amides is 1. The number of nitrogens with one attached hydrogen (secondary N) is 1. The lowest BCUT2D eigenvalue weighted by atomic mass is 10.2. The van der Waals surface area contributed by atoms with Gasteiger partial charge in [0.15, 0.2) is 0 Å². The van der Waals surface area contributed by atoms with Gasteiger partial charge in [-0.2, -0.15) is 0 Å². The minimum Gasteiger partial charge on any atom is -0.348 e. The Morgan fingerprint density at radius 2 is 1.65 bits per heavy atom. The Morgan fingerprint density at radius 1 is 1.00 bits per heavy atom. The molecule has 3 heteroatoms. The fourth-order valence-corrected chi connectivity index (χ4v) is 1.71. The normalized spacial score (nSPS) is 9.94. The largest absolute Gasteiger partial charge is 0.348 e. The van der Waals surface area contributed by atoms with Gasteiger partial charge in [-0.05, 0) is 23.8 Å². The minimum absolute atomic E-state index is 0.0921. The van der Waals surface area contributed by atoms with Gasteiger partial charge in [0.05, 0.1) is 0 Å². The molecule has 1 amide bonds. The molecule has 2 aromatic rings. The van der Waals surface area contributed by atoms with Gasteiger partial charge in [0.1, 0.15) is 0 Å². The van der Waals surface area contributed by atoms with Crippen LogP contribution in [0, 0.1) is 0 Å². The summed E-state index contributed by atoms with van der Waals surface area (Å²) in [5.74, 6) is -0.0921. The van der Waals surface area contributed by atoms with E-state index in [1.807, 2.05) is 42.5 Å². The summed E-state index contributed by atoms with van der Waals surface area (Å²) in [5.41, 5.74) is 1.57. The number of hydrogen-bond acceptors (Lipinski definition) is 1. The fraction of sp³-hybridized carbons (Fsp3) is 0.0714. The zero-order valence-electron chi connectivity index (χ0n) is 9.19. The van der Waals surface area contributed by atoms with E-state index >= 15 is 0 Å². The van der Waals surface area contributed by atoms with Crippen LogP contribution < -0.4 is 5.32 Å². The van der Waals surface area contributed by atoms with Crippen LogP contribution in [-0.4, -0.2) is 5.91 Å². The smallest absolute Gasteiger partial charge is 0.251 e. The average molecular weight is 246 g/mol. The fourth-order valence-electron chi connectivity index (χ4n) is 1.51. The standard InChI is InChI=1S/C14H12ClNO/c15-13-9-5-4-8-12(13)10-16-14(17)11-6-2-1-3-7-11/h1-9H,10H2,(H,16,17). The molecule has 0 spiro atoms. The number of rotatable bonds is 3. The van der Waals surface area contributed by atoms with E-state index < -0.39 is 0 Å². The van der Waals surface area contributed by atoms with Gasteiger partial charge < -0.3 is 5.32 Å². The monoisotopic (exact) mass is 245 g/mol. The maximum atomic E-state index is 11.8. The van der Waals surface area contributed by atoms with Gasteiger partial charge in [-0.3, -0.25) is 4.79 Å².